The van der Waals surface area contributed by atoms with Crippen LogP contribution < -0.4 is 5.73 Å². The average molecular weight is 342 g/mol. The molecule has 1 aromatic heterocycles. The minimum absolute atomic E-state index is 0.152. The fourth-order valence-electron chi connectivity index (χ4n) is 2.46. The van der Waals surface area contributed by atoms with E-state index in [0.29, 0.717) is 5.92 Å². The third-order valence-corrected chi connectivity index (χ3v) is 6.27. The first-order valence-corrected chi connectivity index (χ1v) is 9.26. The molecule has 0 bridgehead atoms. The number of likely N-dealkylation sites (tertiary alicyclic amines) is 1. The van der Waals surface area contributed by atoms with E-state index in [9.17, 15) is 9.59 Å². The molecule has 1 atom stereocenters. The molecule has 0 saturated carbocycles. The van der Waals surface area contributed by atoms with Gasteiger partial charge in [-0.15, -0.1) is 11.3 Å². The number of aromatic nitrogens is 1. The number of carbonyl (C=O) groups excluding carboxylic acids is 2. The summed E-state index contributed by atoms with van der Waals surface area (Å²) in [7, 11) is 0. The van der Waals surface area contributed by atoms with Gasteiger partial charge in [-0.3, -0.25) is 9.59 Å². The molecule has 1 aromatic rings. The highest BCUT2D eigenvalue weighted by molar-refractivity contribution is 8.02. The summed E-state index contributed by atoms with van der Waals surface area (Å²) in [5.74, 6) is 0.543. The Morgan fingerprint density at radius 1 is 1.45 bits per heavy atom. The van der Waals surface area contributed by atoms with Crippen molar-refractivity contribution < 1.29 is 9.59 Å². The second kappa shape index (κ2) is 7.46. The van der Waals surface area contributed by atoms with Gasteiger partial charge in [0.25, 0.3) is 0 Å². The maximum absolute atomic E-state index is 12.5. The Labute approximate surface area is 139 Å². The summed E-state index contributed by atoms with van der Waals surface area (Å²) >= 11 is 2.93. The van der Waals surface area contributed by atoms with Crippen molar-refractivity contribution in [3.63, 3.8) is 0 Å². The highest BCUT2D eigenvalue weighted by Gasteiger charge is 2.26. The summed E-state index contributed by atoms with van der Waals surface area (Å²) in [4.78, 5) is 30.8. The van der Waals surface area contributed by atoms with Crippen molar-refractivity contribution in [1.82, 2.24) is 9.88 Å². The van der Waals surface area contributed by atoms with E-state index in [1.165, 1.54) is 23.1 Å². The molecular formula is C15H23N3O2S2. The number of thiazole rings is 1. The van der Waals surface area contributed by atoms with Gasteiger partial charge < -0.3 is 10.6 Å². The predicted molar refractivity (Wildman–Crippen MR) is 90.0 cm³/mol. The zero-order chi connectivity index (χ0) is 16.3. The number of primary amides is 1. The maximum atomic E-state index is 12.5. The molecule has 0 aromatic carbocycles. The zero-order valence-electron chi connectivity index (χ0n) is 13.3. The van der Waals surface area contributed by atoms with Crippen molar-refractivity contribution in [2.24, 2.45) is 11.7 Å². The van der Waals surface area contributed by atoms with E-state index in [1.807, 2.05) is 18.7 Å². The molecule has 5 nitrogen and oxygen atoms in total. The summed E-state index contributed by atoms with van der Waals surface area (Å²) in [6.45, 7) is 7.74. The van der Waals surface area contributed by atoms with E-state index in [4.69, 9.17) is 5.73 Å². The summed E-state index contributed by atoms with van der Waals surface area (Å²) in [6, 6.07) is 0. The second-order valence-electron chi connectivity index (χ2n) is 5.90. The zero-order valence-corrected chi connectivity index (χ0v) is 14.9. The number of aryl methyl sites for hydroxylation is 1. The highest BCUT2D eigenvalue weighted by Crippen LogP contribution is 2.31. The standard InChI is InChI=1S/C15H23N3O2S2/c1-9-4-6-18(7-5-9)14(20)11(3)21-15-17-10(2)12(22-15)8-13(16)19/h9,11H,4-8H2,1-3H3,(H2,16,19). The van der Waals surface area contributed by atoms with Crippen molar-refractivity contribution in [3.05, 3.63) is 10.6 Å². The topological polar surface area (TPSA) is 76.3 Å². The number of hydrogen-bond acceptors (Lipinski definition) is 5. The van der Waals surface area contributed by atoms with Gasteiger partial charge in [0.15, 0.2) is 4.34 Å². The fourth-order valence-corrected chi connectivity index (χ4v) is 4.93. The van der Waals surface area contributed by atoms with E-state index in [2.05, 4.69) is 11.9 Å². The second-order valence-corrected chi connectivity index (χ2v) is 8.57. The molecule has 1 saturated heterocycles. The molecule has 1 aliphatic heterocycles. The molecule has 2 amide bonds. The normalized spacial score (nSPS) is 17.5. The fraction of sp³-hybridized carbons (Fsp3) is 0.667. The summed E-state index contributed by atoms with van der Waals surface area (Å²) in [5, 5.41) is -0.152. The monoisotopic (exact) mass is 341 g/mol. The van der Waals surface area contributed by atoms with E-state index >= 15 is 0 Å². The Bertz CT molecular complexity index is 551. The van der Waals surface area contributed by atoms with Crippen molar-refractivity contribution in [3.8, 4) is 0 Å². The van der Waals surface area contributed by atoms with E-state index in [1.54, 1.807) is 0 Å². The van der Waals surface area contributed by atoms with Gasteiger partial charge in [0.1, 0.15) is 0 Å². The third kappa shape index (κ3) is 4.46. The predicted octanol–water partition coefficient (Wildman–Crippen LogP) is 2.22. The lowest BCUT2D eigenvalue weighted by molar-refractivity contribution is -0.131. The molecule has 7 heteroatoms. The number of nitrogens with two attached hydrogens (primary N) is 1. The summed E-state index contributed by atoms with van der Waals surface area (Å²) < 4.78 is 0.833. The number of carbonyl (C=O) groups is 2. The van der Waals surface area contributed by atoms with Crippen LogP contribution in [0.2, 0.25) is 0 Å². The smallest absolute Gasteiger partial charge is 0.235 e. The minimum atomic E-state index is -0.352. The molecule has 0 radical (unpaired) electrons. The van der Waals surface area contributed by atoms with E-state index in [-0.39, 0.29) is 23.5 Å². The lowest BCUT2D eigenvalue weighted by Gasteiger charge is -2.31. The van der Waals surface area contributed by atoms with Crippen molar-refractivity contribution in [1.29, 1.82) is 0 Å². The molecular weight excluding hydrogens is 318 g/mol. The van der Waals surface area contributed by atoms with Gasteiger partial charge in [-0.2, -0.15) is 0 Å². The van der Waals surface area contributed by atoms with Gasteiger partial charge >= 0.3 is 0 Å². The molecule has 2 heterocycles. The van der Waals surface area contributed by atoms with Gasteiger partial charge in [0.2, 0.25) is 11.8 Å². The molecule has 0 aliphatic carbocycles. The van der Waals surface area contributed by atoms with Crippen molar-refractivity contribution in [2.45, 2.75) is 49.6 Å². The van der Waals surface area contributed by atoms with Crippen LogP contribution in [0.3, 0.4) is 0 Å². The van der Waals surface area contributed by atoms with Crippen molar-refractivity contribution >= 4 is 34.9 Å². The van der Waals surface area contributed by atoms with Crippen LogP contribution in [0.15, 0.2) is 4.34 Å². The summed E-state index contributed by atoms with van der Waals surface area (Å²) in [6.07, 6.45) is 2.39. The number of amides is 2. The minimum Gasteiger partial charge on any atom is -0.369 e. The number of piperidine rings is 1. The first kappa shape index (κ1) is 17.3. The molecule has 2 N–H and O–H groups in total. The van der Waals surface area contributed by atoms with E-state index < -0.39 is 0 Å². The SMILES string of the molecule is Cc1nc(SC(C)C(=O)N2CCC(C)CC2)sc1CC(N)=O. The van der Waals surface area contributed by atoms with Crippen LogP contribution in [0.1, 0.15) is 37.3 Å². The third-order valence-electron chi connectivity index (χ3n) is 3.93. The Morgan fingerprint density at radius 2 is 2.09 bits per heavy atom. The molecule has 1 fully saturated rings. The van der Waals surface area contributed by atoms with Crippen LogP contribution in [-0.4, -0.2) is 40.0 Å². The number of hydrogen-bond donors (Lipinski definition) is 1. The van der Waals surface area contributed by atoms with Gasteiger partial charge in [0.05, 0.1) is 17.4 Å². The van der Waals surface area contributed by atoms with Crippen LogP contribution in [0.5, 0.6) is 0 Å². The Kier molecular flexibility index (Phi) is 5.86. The van der Waals surface area contributed by atoms with Gasteiger partial charge in [-0.1, -0.05) is 18.7 Å². The molecule has 1 unspecified atom stereocenters. The molecule has 1 aliphatic rings. The number of thioether (sulfide) groups is 1. The summed E-state index contributed by atoms with van der Waals surface area (Å²) in [5.41, 5.74) is 6.06. The lowest BCUT2D eigenvalue weighted by atomic mass is 9.99. The van der Waals surface area contributed by atoms with Gasteiger partial charge in [-0.25, -0.2) is 4.98 Å². The number of nitrogens with zero attached hydrogens (tertiary/aromatic N) is 2. The average Bonchev–Trinajstić information content (AvgIpc) is 2.78. The Balaban J connectivity index is 1.95. The molecule has 22 heavy (non-hydrogen) atoms. The quantitative estimate of drug-likeness (QED) is 0.833. The molecule has 2 rings (SSSR count). The molecule has 0 spiro atoms. The molecule has 122 valence electrons. The Morgan fingerprint density at radius 3 is 2.68 bits per heavy atom. The highest BCUT2D eigenvalue weighted by atomic mass is 32.2. The first-order chi connectivity index (χ1) is 10.4. The largest absolute Gasteiger partial charge is 0.369 e. The van der Waals surface area contributed by atoms with E-state index in [0.717, 1.165) is 40.8 Å². The Hall–Kier alpha value is -1.08. The van der Waals surface area contributed by atoms with Crippen LogP contribution in [0.4, 0.5) is 0 Å². The van der Waals surface area contributed by atoms with Gasteiger partial charge in [0, 0.05) is 18.0 Å². The van der Waals surface area contributed by atoms with Crippen molar-refractivity contribution in [2.75, 3.05) is 13.1 Å². The lowest BCUT2D eigenvalue weighted by Crippen LogP contribution is -2.41. The van der Waals surface area contributed by atoms with Crippen LogP contribution in [0.25, 0.3) is 0 Å². The number of rotatable bonds is 5. The first-order valence-electron chi connectivity index (χ1n) is 7.57. The van der Waals surface area contributed by atoms with Crippen LogP contribution >= 0.6 is 23.1 Å². The van der Waals surface area contributed by atoms with Gasteiger partial charge in [-0.05, 0) is 32.6 Å². The van der Waals surface area contributed by atoms with Crippen LogP contribution in [-0.2, 0) is 16.0 Å². The maximum Gasteiger partial charge on any atom is 0.235 e. The van der Waals surface area contributed by atoms with Crippen LogP contribution in [0, 0.1) is 12.8 Å².